The average molecular weight is 323 g/mol. The summed E-state index contributed by atoms with van der Waals surface area (Å²) in [6.07, 6.45) is 0. The molecular weight excluding hydrogens is 306 g/mol. The minimum absolute atomic E-state index is 0.287. The third kappa shape index (κ3) is 3.81. The van der Waals surface area contributed by atoms with Gasteiger partial charge in [-0.25, -0.2) is 4.79 Å². The number of nitrogens with zero attached hydrogens (tertiary/aromatic N) is 1. The molecule has 0 saturated carbocycles. The fourth-order valence-corrected chi connectivity index (χ4v) is 2.18. The van der Waals surface area contributed by atoms with Crippen LogP contribution in [-0.4, -0.2) is 17.7 Å². The number of esters is 1. The molecule has 1 aromatic heterocycles. The lowest BCUT2D eigenvalue weighted by atomic mass is 10.2. The normalized spacial score (nSPS) is 10.4. The number of hydrogen-bond donors (Lipinski definition) is 0. The van der Waals surface area contributed by atoms with E-state index in [1.807, 2.05) is 36.4 Å². The molecule has 2 aromatic carbocycles. The van der Waals surface area contributed by atoms with E-state index >= 15 is 0 Å². The topological polar surface area (TPSA) is 61.6 Å². The van der Waals surface area contributed by atoms with Crippen molar-refractivity contribution in [2.45, 2.75) is 13.5 Å². The van der Waals surface area contributed by atoms with Gasteiger partial charge in [-0.1, -0.05) is 35.5 Å². The fraction of sp³-hybridized carbons (Fsp3) is 0.158. The van der Waals surface area contributed by atoms with Crippen molar-refractivity contribution in [1.29, 1.82) is 0 Å². The second-order valence-corrected chi connectivity index (χ2v) is 5.08. The minimum Gasteiger partial charge on any atom is -0.487 e. The lowest BCUT2D eigenvalue weighted by Gasteiger charge is -2.05. The molecule has 0 saturated heterocycles. The first-order chi connectivity index (χ1) is 11.8. The first-order valence-corrected chi connectivity index (χ1v) is 7.67. The molecule has 0 bridgehead atoms. The number of aromatic nitrogens is 1. The van der Waals surface area contributed by atoms with E-state index in [4.69, 9.17) is 14.0 Å². The van der Waals surface area contributed by atoms with Crippen molar-refractivity contribution in [3.63, 3.8) is 0 Å². The highest BCUT2D eigenvalue weighted by Crippen LogP contribution is 2.21. The van der Waals surface area contributed by atoms with Crippen molar-refractivity contribution < 1.29 is 18.8 Å². The van der Waals surface area contributed by atoms with E-state index in [1.54, 1.807) is 31.2 Å². The van der Waals surface area contributed by atoms with Gasteiger partial charge in [0, 0.05) is 11.6 Å². The van der Waals surface area contributed by atoms with Gasteiger partial charge >= 0.3 is 5.97 Å². The van der Waals surface area contributed by atoms with Gasteiger partial charge in [-0.3, -0.25) is 0 Å². The van der Waals surface area contributed by atoms with Crippen LogP contribution < -0.4 is 4.74 Å². The first kappa shape index (κ1) is 15.8. The van der Waals surface area contributed by atoms with Gasteiger partial charge in [0.25, 0.3) is 0 Å². The maximum atomic E-state index is 11.6. The standard InChI is InChI=1S/C19H17NO4/c1-2-22-19(21)15-8-10-17(11-9-15)23-13-16-12-18(24-20-16)14-6-4-3-5-7-14/h3-12H,2,13H2,1H3. The predicted molar refractivity (Wildman–Crippen MR) is 88.7 cm³/mol. The molecule has 5 heteroatoms. The molecule has 0 N–H and O–H groups in total. The van der Waals surface area contributed by atoms with Crippen LogP contribution >= 0.6 is 0 Å². The highest BCUT2D eigenvalue weighted by Gasteiger charge is 2.08. The lowest BCUT2D eigenvalue weighted by molar-refractivity contribution is 0.0526. The second-order valence-electron chi connectivity index (χ2n) is 5.08. The molecule has 0 aliphatic rings. The van der Waals surface area contributed by atoms with Gasteiger partial charge in [-0.15, -0.1) is 0 Å². The van der Waals surface area contributed by atoms with Crippen LogP contribution in [-0.2, 0) is 11.3 Å². The predicted octanol–water partition coefficient (Wildman–Crippen LogP) is 4.10. The van der Waals surface area contributed by atoms with Gasteiger partial charge in [0.15, 0.2) is 5.76 Å². The van der Waals surface area contributed by atoms with Gasteiger partial charge in [-0.2, -0.15) is 0 Å². The van der Waals surface area contributed by atoms with E-state index < -0.39 is 0 Å². The molecule has 122 valence electrons. The molecule has 0 spiro atoms. The molecule has 3 aromatic rings. The Balaban J connectivity index is 1.60. The Morgan fingerprint density at radius 3 is 2.54 bits per heavy atom. The van der Waals surface area contributed by atoms with Crippen LogP contribution in [0.25, 0.3) is 11.3 Å². The van der Waals surface area contributed by atoms with Gasteiger partial charge in [0.1, 0.15) is 18.1 Å². The Bertz CT molecular complexity index is 794. The quantitative estimate of drug-likeness (QED) is 0.639. The Kier molecular flexibility index (Phi) is 4.91. The lowest BCUT2D eigenvalue weighted by Crippen LogP contribution is -2.04. The molecule has 0 radical (unpaired) electrons. The van der Waals surface area contributed by atoms with Crippen LogP contribution in [0.4, 0.5) is 0 Å². The summed E-state index contributed by atoms with van der Waals surface area (Å²) >= 11 is 0. The molecule has 5 nitrogen and oxygen atoms in total. The van der Waals surface area contributed by atoms with Crippen LogP contribution in [0, 0.1) is 0 Å². The first-order valence-electron chi connectivity index (χ1n) is 7.67. The minimum atomic E-state index is -0.340. The molecule has 1 heterocycles. The van der Waals surface area contributed by atoms with Crippen molar-refractivity contribution in [2.24, 2.45) is 0 Å². The van der Waals surface area contributed by atoms with Crippen LogP contribution in [0.1, 0.15) is 23.0 Å². The third-order valence-corrected chi connectivity index (χ3v) is 3.37. The Labute approximate surface area is 139 Å². The maximum Gasteiger partial charge on any atom is 0.338 e. The Morgan fingerprint density at radius 2 is 1.83 bits per heavy atom. The van der Waals surface area contributed by atoms with Crippen molar-refractivity contribution in [1.82, 2.24) is 5.16 Å². The zero-order valence-corrected chi connectivity index (χ0v) is 13.3. The summed E-state index contributed by atoms with van der Waals surface area (Å²) in [6, 6.07) is 18.4. The Hall–Kier alpha value is -3.08. The molecule has 24 heavy (non-hydrogen) atoms. The summed E-state index contributed by atoms with van der Waals surface area (Å²) in [7, 11) is 0. The summed E-state index contributed by atoms with van der Waals surface area (Å²) in [5.41, 5.74) is 2.16. The van der Waals surface area contributed by atoms with E-state index in [0.717, 1.165) is 5.56 Å². The van der Waals surface area contributed by atoms with E-state index in [-0.39, 0.29) is 12.6 Å². The number of ether oxygens (including phenoxy) is 2. The van der Waals surface area contributed by atoms with Crippen molar-refractivity contribution in [3.8, 4) is 17.1 Å². The summed E-state index contributed by atoms with van der Waals surface area (Å²) in [4.78, 5) is 11.6. The zero-order valence-electron chi connectivity index (χ0n) is 13.3. The number of rotatable bonds is 6. The van der Waals surface area contributed by atoms with Crippen LogP contribution in [0.5, 0.6) is 5.75 Å². The van der Waals surface area contributed by atoms with Crippen LogP contribution in [0.2, 0.25) is 0 Å². The largest absolute Gasteiger partial charge is 0.487 e. The summed E-state index contributed by atoms with van der Waals surface area (Å²) in [5.74, 6) is 1.01. The van der Waals surface area contributed by atoms with Crippen molar-refractivity contribution >= 4 is 5.97 Å². The van der Waals surface area contributed by atoms with E-state index in [2.05, 4.69) is 5.16 Å². The van der Waals surface area contributed by atoms with Gasteiger partial charge < -0.3 is 14.0 Å². The molecule has 0 unspecified atom stereocenters. The second kappa shape index (κ2) is 7.46. The molecule has 0 aliphatic heterocycles. The van der Waals surface area contributed by atoms with Crippen molar-refractivity contribution in [3.05, 3.63) is 71.9 Å². The van der Waals surface area contributed by atoms with E-state index in [0.29, 0.717) is 29.4 Å². The SMILES string of the molecule is CCOC(=O)c1ccc(OCc2cc(-c3ccccc3)on2)cc1. The molecule has 0 aliphatic carbocycles. The highest BCUT2D eigenvalue weighted by atomic mass is 16.5. The summed E-state index contributed by atoms with van der Waals surface area (Å²) < 4.78 is 15.9. The maximum absolute atomic E-state index is 11.6. The summed E-state index contributed by atoms with van der Waals surface area (Å²) in [5, 5.41) is 4.00. The molecular formula is C19H17NO4. The van der Waals surface area contributed by atoms with Gasteiger partial charge in [0.05, 0.1) is 12.2 Å². The number of carbonyl (C=O) groups excluding carboxylic acids is 1. The molecule has 0 fully saturated rings. The zero-order chi connectivity index (χ0) is 16.8. The average Bonchev–Trinajstić information content (AvgIpc) is 3.10. The van der Waals surface area contributed by atoms with Crippen LogP contribution in [0.3, 0.4) is 0 Å². The van der Waals surface area contributed by atoms with Gasteiger partial charge in [-0.05, 0) is 31.2 Å². The van der Waals surface area contributed by atoms with E-state index in [9.17, 15) is 4.79 Å². The number of benzene rings is 2. The van der Waals surface area contributed by atoms with Crippen molar-refractivity contribution in [2.75, 3.05) is 6.61 Å². The fourth-order valence-electron chi connectivity index (χ4n) is 2.18. The molecule has 0 atom stereocenters. The van der Waals surface area contributed by atoms with Crippen LogP contribution in [0.15, 0.2) is 65.2 Å². The number of hydrogen-bond acceptors (Lipinski definition) is 5. The summed E-state index contributed by atoms with van der Waals surface area (Å²) in [6.45, 7) is 2.42. The van der Waals surface area contributed by atoms with E-state index in [1.165, 1.54) is 0 Å². The van der Waals surface area contributed by atoms with Gasteiger partial charge in [0.2, 0.25) is 0 Å². The highest BCUT2D eigenvalue weighted by molar-refractivity contribution is 5.89. The Morgan fingerprint density at radius 1 is 1.08 bits per heavy atom. The smallest absolute Gasteiger partial charge is 0.338 e. The number of carbonyl (C=O) groups is 1. The molecule has 3 rings (SSSR count). The molecule has 0 amide bonds. The third-order valence-electron chi connectivity index (χ3n) is 3.37. The monoisotopic (exact) mass is 323 g/mol.